The molecule has 0 spiro atoms. The van der Waals surface area contributed by atoms with Crippen molar-refractivity contribution in [2.75, 3.05) is 0 Å². The summed E-state index contributed by atoms with van der Waals surface area (Å²) in [4.78, 5) is 0. The average Bonchev–Trinajstić information content (AvgIpc) is 2.10. The van der Waals surface area contributed by atoms with Gasteiger partial charge in [-0.05, 0) is 0 Å². The van der Waals surface area contributed by atoms with Crippen molar-refractivity contribution in [1.82, 2.24) is 0 Å². The molecular weight excluding hydrogens is 183 g/mol. The fourth-order valence-electron chi connectivity index (χ4n) is 1.35. The van der Waals surface area contributed by atoms with Gasteiger partial charge in [-0.1, -0.05) is 52.4 Å². The van der Waals surface area contributed by atoms with Crippen LogP contribution < -0.4 is 0 Å². The highest BCUT2D eigenvalue weighted by Gasteiger charge is 1.95. The molecule has 0 atom stereocenters. The molecule has 0 bridgehead atoms. The number of hydrogen-bond donors (Lipinski definition) is 0. The first-order valence-corrected chi connectivity index (χ1v) is 6.86. The Morgan fingerprint density at radius 1 is 0.750 bits per heavy atom. The Hall–Kier alpha value is 0.822. The first-order valence-electron chi connectivity index (χ1n) is 5.23. The Kier molecular flexibility index (Phi) is 18.3. The second kappa shape index (κ2) is 14.4. The van der Waals surface area contributed by atoms with Gasteiger partial charge in [0, 0.05) is 0 Å². The van der Waals surface area contributed by atoms with Crippen LogP contribution in [-0.4, -0.2) is 15.2 Å². The van der Waals surface area contributed by atoms with Crippen molar-refractivity contribution in [2.24, 2.45) is 0 Å². The van der Waals surface area contributed by atoms with Gasteiger partial charge in [-0.15, -0.1) is 23.0 Å². The van der Waals surface area contributed by atoms with Gasteiger partial charge < -0.3 is 0 Å². The summed E-state index contributed by atoms with van der Waals surface area (Å²) in [6.07, 6.45) is 9.00. The molecule has 0 saturated heterocycles. The van der Waals surface area contributed by atoms with Crippen LogP contribution in [0, 0.1) is 0 Å². The van der Waals surface area contributed by atoms with E-state index >= 15 is 0 Å². The van der Waals surface area contributed by atoms with Crippen molar-refractivity contribution in [3.63, 3.8) is 0 Å². The van der Waals surface area contributed by atoms with Crippen molar-refractivity contribution >= 4 is 27.6 Å². The highest BCUT2D eigenvalue weighted by atomic mass is 35.5. The Balaban J connectivity index is 0. The van der Waals surface area contributed by atoms with Crippen LogP contribution >= 0.6 is 12.4 Å². The van der Waals surface area contributed by atoms with E-state index in [0.717, 1.165) is 15.2 Å². The maximum absolute atomic E-state index is 2.25. The van der Waals surface area contributed by atoms with Crippen LogP contribution in [0.5, 0.6) is 0 Å². The summed E-state index contributed by atoms with van der Waals surface area (Å²) < 4.78 is 0. The third-order valence-electron chi connectivity index (χ3n) is 2.08. The standard InChI is InChI=1S/C6H12.2C2H5.Al.ClH/c1-2-4-6-5-3-1;2*1-2;;/h1-6H2;2*1H2,2H3;;1H. The number of hydrogen-bond acceptors (Lipinski definition) is 0. The summed E-state index contributed by atoms with van der Waals surface area (Å²) in [6, 6.07) is 0. The fourth-order valence-corrected chi connectivity index (χ4v) is 1.93. The lowest BCUT2D eigenvalue weighted by Crippen LogP contribution is -1.85. The molecule has 1 rings (SSSR count). The Morgan fingerprint density at radius 2 is 1.00 bits per heavy atom. The minimum atomic E-state index is 0. The second-order valence-electron chi connectivity index (χ2n) is 3.23. The normalized spacial score (nSPS) is 15.2. The summed E-state index contributed by atoms with van der Waals surface area (Å²) in [5.41, 5.74) is 0. The molecule has 73 valence electrons. The third-order valence-corrected chi connectivity index (χ3v) is 3.23. The van der Waals surface area contributed by atoms with Gasteiger partial charge in [0.2, 0.25) is 0 Å². The third kappa shape index (κ3) is 13.4. The van der Waals surface area contributed by atoms with E-state index in [-0.39, 0.29) is 12.4 Å². The lowest BCUT2D eigenvalue weighted by atomic mass is 10.0. The molecule has 0 amide bonds. The summed E-state index contributed by atoms with van der Waals surface area (Å²) in [5, 5.41) is 2.85. The molecule has 0 nitrogen and oxygen atoms in total. The van der Waals surface area contributed by atoms with Gasteiger partial charge in [-0.25, -0.2) is 0 Å². The molecule has 0 aromatic carbocycles. The summed E-state index contributed by atoms with van der Waals surface area (Å²) >= 11 is 0.815. The maximum Gasteiger partial charge on any atom is 0.198 e. The molecule has 0 aliphatic heterocycles. The molecule has 2 heteroatoms. The van der Waals surface area contributed by atoms with Gasteiger partial charge in [0.05, 0.1) is 0 Å². The van der Waals surface area contributed by atoms with Crippen LogP contribution in [0.3, 0.4) is 0 Å². The van der Waals surface area contributed by atoms with Gasteiger partial charge in [0.25, 0.3) is 0 Å². The topological polar surface area (TPSA) is 0 Å². The minimum absolute atomic E-state index is 0. The van der Waals surface area contributed by atoms with Gasteiger partial charge >= 0.3 is 0 Å². The van der Waals surface area contributed by atoms with Crippen LogP contribution in [0.25, 0.3) is 0 Å². The summed E-state index contributed by atoms with van der Waals surface area (Å²) in [5.74, 6) is 0. The predicted octanol–water partition coefficient (Wildman–Crippen LogP) is 4.33. The van der Waals surface area contributed by atoms with E-state index in [2.05, 4.69) is 13.8 Å². The summed E-state index contributed by atoms with van der Waals surface area (Å²) in [6.45, 7) is 4.50. The smallest absolute Gasteiger partial charge is 0.147 e. The van der Waals surface area contributed by atoms with Crippen molar-refractivity contribution < 1.29 is 0 Å². The van der Waals surface area contributed by atoms with E-state index in [0.29, 0.717) is 0 Å². The van der Waals surface area contributed by atoms with Crippen molar-refractivity contribution in [2.45, 2.75) is 62.9 Å². The second-order valence-corrected chi connectivity index (χ2v) is 5.44. The fraction of sp³-hybridized carbons (Fsp3) is 1.00. The Bertz CT molecular complexity index is 49.3. The maximum atomic E-state index is 2.25. The SMILES string of the molecule is C1CCCCC1.C[CH2][Al][CH2]C.Cl. The zero-order valence-electron chi connectivity index (χ0n) is 8.64. The van der Waals surface area contributed by atoms with E-state index in [1.165, 1.54) is 49.1 Å². The molecule has 12 heavy (non-hydrogen) atoms. The number of rotatable bonds is 2. The monoisotopic (exact) mass is 205 g/mol. The first-order chi connectivity index (χ1) is 5.41. The highest BCUT2D eigenvalue weighted by molar-refractivity contribution is 6.34. The molecule has 1 fully saturated rings. The van der Waals surface area contributed by atoms with Crippen LogP contribution in [0.4, 0.5) is 0 Å². The van der Waals surface area contributed by atoms with E-state index in [4.69, 9.17) is 0 Å². The average molecular weight is 206 g/mol. The zero-order valence-corrected chi connectivity index (χ0v) is 10.6. The van der Waals surface area contributed by atoms with Gasteiger partial charge in [0.15, 0.2) is 15.2 Å². The lowest BCUT2D eigenvalue weighted by Gasteiger charge is -2.05. The highest BCUT2D eigenvalue weighted by Crippen LogP contribution is 2.15. The molecule has 0 unspecified atom stereocenters. The summed E-state index contributed by atoms with van der Waals surface area (Å²) in [7, 11) is 0. The predicted molar refractivity (Wildman–Crippen MR) is 61.7 cm³/mol. The minimum Gasteiger partial charge on any atom is -0.147 e. The quantitative estimate of drug-likeness (QED) is 0.589. The molecule has 1 aliphatic carbocycles. The molecule has 1 aliphatic rings. The van der Waals surface area contributed by atoms with Gasteiger partial charge in [-0.2, -0.15) is 0 Å². The van der Waals surface area contributed by atoms with Gasteiger partial charge in [-0.3, -0.25) is 0 Å². The molecule has 0 N–H and O–H groups in total. The number of halogens is 1. The van der Waals surface area contributed by atoms with Crippen molar-refractivity contribution in [1.29, 1.82) is 0 Å². The van der Waals surface area contributed by atoms with Crippen LogP contribution in [0.1, 0.15) is 52.4 Å². The largest absolute Gasteiger partial charge is 0.198 e. The van der Waals surface area contributed by atoms with Crippen molar-refractivity contribution in [3.05, 3.63) is 0 Å². The van der Waals surface area contributed by atoms with Gasteiger partial charge in [0.1, 0.15) is 0 Å². The van der Waals surface area contributed by atoms with Crippen LogP contribution in [0.15, 0.2) is 0 Å². The van der Waals surface area contributed by atoms with E-state index in [9.17, 15) is 0 Å². The van der Waals surface area contributed by atoms with E-state index in [1.807, 2.05) is 0 Å². The van der Waals surface area contributed by atoms with Crippen LogP contribution in [0.2, 0.25) is 10.6 Å². The first kappa shape index (κ1) is 15.3. The molecule has 0 heterocycles. The Labute approximate surface area is 90.6 Å². The van der Waals surface area contributed by atoms with E-state index < -0.39 is 0 Å². The molecule has 0 aromatic heterocycles. The van der Waals surface area contributed by atoms with Crippen LogP contribution in [-0.2, 0) is 0 Å². The molecule has 0 aromatic rings. The molecular formula is C10H23AlCl. The zero-order chi connectivity index (χ0) is 8.36. The van der Waals surface area contributed by atoms with Crippen molar-refractivity contribution in [3.8, 4) is 0 Å². The molecule has 1 saturated carbocycles. The van der Waals surface area contributed by atoms with E-state index in [1.54, 1.807) is 0 Å². The Morgan fingerprint density at radius 3 is 1.08 bits per heavy atom. The lowest BCUT2D eigenvalue weighted by molar-refractivity contribution is 0.504. The molecule has 1 radical (unpaired) electrons.